The number of nitrogens with zero attached hydrogens (tertiary/aromatic N) is 4. The fourth-order valence-corrected chi connectivity index (χ4v) is 12.8. The normalized spacial score (nSPS) is 14.8. The number of unbranched alkanes of at least 4 members (excludes halogenated alkanes) is 2. The van der Waals surface area contributed by atoms with Gasteiger partial charge >= 0.3 is 0 Å². The van der Waals surface area contributed by atoms with Crippen LogP contribution in [0.3, 0.4) is 0 Å². The molecule has 1 aromatic heterocycles. The third kappa shape index (κ3) is 30.4. The molecule has 1 saturated heterocycles. The highest BCUT2D eigenvalue weighted by Gasteiger charge is 2.40. The van der Waals surface area contributed by atoms with Crippen LogP contribution in [-0.4, -0.2) is 210 Å². The first kappa shape index (κ1) is 89.9. The van der Waals surface area contributed by atoms with Gasteiger partial charge in [0.1, 0.15) is 66.2 Å². The number of nitrogens with two attached hydrogens (primary N) is 1. The van der Waals surface area contributed by atoms with E-state index in [0.717, 1.165) is 10.8 Å². The number of phenols is 1. The minimum atomic E-state index is -1.82. The summed E-state index contributed by atoms with van der Waals surface area (Å²) < 4.78 is 0. The number of primary amides is 1. The number of aliphatic hydroxyl groups excluding tert-OH is 1. The number of aromatic nitrogens is 1. The second-order valence-electron chi connectivity index (χ2n) is 28.0. The zero-order valence-electron chi connectivity index (χ0n) is 65.3. The van der Waals surface area contributed by atoms with Crippen molar-refractivity contribution in [1.82, 2.24) is 79.0 Å². The topological polar surface area (TPSA) is 451 Å². The molecular weight excluding hydrogens is 1460 g/mol. The van der Waals surface area contributed by atoms with Crippen molar-refractivity contribution < 1.29 is 63.0 Å². The third-order valence-corrected chi connectivity index (χ3v) is 18.7. The van der Waals surface area contributed by atoms with E-state index in [9.17, 15) is 53.4 Å². The van der Waals surface area contributed by atoms with Gasteiger partial charge in [0.05, 0.1) is 6.61 Å². The van der Waals surface area contributed by atoms with Crippen molar-refractivity contribution >= 4 is 99.3 Å². The Balaban J connectivity index is 1.29. The number of benzene rings is 4. The number of likely N-dealkylation sites (tertiary alicyclic amines) is 1. The Kier molecular flexibility index (Phi) is 38.0. The molecule has 11 amide bonds. The van der Waals surface area contributed by atoms with E-state index in [4.69, 9.17) is 17.3 Å². The van der Waals surface area contributed by atoms with E-state index in [-0.39, 0.29) is 76.0 Å². The number of guanidine groups is 2. The van der Waals surface area contributed by atoms with E-state index in [0.29, 0.717) is 104 Å². The molecule has 112 heavy (non-hydrogen) atoms. The first-order valence-corrected chi connectivity index (χ1v) is 38.9. The monoisotopic (exact) mass is 1570 g/mol. The molecule has 17 N–H and O–H groups in total. The highest BCUT2D eigenvalue weighted by atomic mass is 35.5. The lowest BCUT2D eigenvalue weighted by Crippen LogP contribution is -2.61. The fraction of sp³-hybridized carbons (Fsp3) is 0.500. The number of hydrogen-bond acceptors (Lipinski definition) is 16. The van der Waals surface area contributed by atoms with E-state index in [1.807, 2.05) is 84.0 Å². The summed E-state index contributed by atoms with van der Waals surface area (Å²) in [5.74, 6) is -7.72. The van der Waals surface area contributed by atoms with Gasteiger partial charge in [-0.2, -0.15) is 0 Å². The van der Waals surface area contributed by atoms with Gasteiger partial charge < -0.3 is 90.0 Å². The maximum atomic E-state index is 15.2. The first-order chi connectivity index (χ1) is 53.7. The zero-order chi connectivity index (χ0) is 81.7. The van der Waals surface area contributed by atoms with Gasteiger partial charge in [0.15, 0.2) is 11.9 Å². The largest absolute Gasteiger partial charge is 0.508 e. The molecule has 0 radical (unpaired) electrons. The van der Waals surface area contributed by atoms with Gasteiger partial charge in [-0.15, -0.1) is 0 Å². The molecule has 1 aliphatic rings. The molecule has 0 saturated carbocycles. The third-order valence-electron chi connectivity index (χ3n) is 18.5. The van der Waals surface area contributed by atoms with Crippen LogP contribution in [0, 0.1) is 5.92 Å². The number of aromatic hydroxyl groups is 1. The lowest BCUT2D eigenvalue weighted by Gasteiger charge is -2.31. The van der Waals surface area contributed by atoms with E-state index < -0.39 is 132 Å². The summed E-state index contributed by atoms with van der Waals surface area (Å²) in [6.45, 7) is 16.3. The Morgan fingerprint density at radius 3 is 1.47 bits per heavy atom. The van der Waals surface area contributed by atoms with Gasteiger partial charge in [-0.25, -0.2) is 0 Å². The molecular formula is C80H113ClN18O13. The van der Waals surface area contributed by atoms with Crippen molar-refractivity contribution in [3.8, 4) is 5.75 Å². The number of carbonyl (C=O) groups is 11. The minimum Gasteiger partial charge on any atom is -0.508 e. The number of carbonyl (C=O) groups excluding carboxylic acids is 11. The molecule has 32 heteroatoms. The molecule has 4 aromatic carbocycles. The van der Waals surface area contributed by atoms with E-state index in [1.165, 1.54) is 55.4 Å². The quantitative estimate of drug-likeness (QED) is 0.0151. The summed E-state index contributed by atoms with van der Waals surface area (Å²) in [5, 5.41) is 60.9. The molecule has 0 aliphatic carbocycles. The maximum absolute atomic E-state index is 15.2. The average molecular weight is 1570 g/mol. The van der Waals surface area contributed by atoms with Crippen LogP contribution in [0.15, 0.2) is 126 Å². The van der Waals surface area contributed by atoms with E-state index in [2.05, 4.69) is 84.1 Å². The summed E-state index contributed by atoms with van der Waals surface area (Å²) in [5.41, 5.74) is 7.61. The first-order valence-electron chi connectivity index (χ1n) is 38.6. The summed E-state index contributed by atoms with van der Waals surface area (Å²) in [7, 11) is 0. The molecule has 5 aromatic rings. The predicted octanol–water partition coefficient (Wildman–Crippen LogP) is 2.27. The van der Waals surface area contributed by atoms with Gasteiger partial charge in [-0.1, -0.05) is 98.2 Å². The van der Waals surface area contributed by atoms with Crippen LogP contribution in [0.1, 0.15) is 135 Å². The standard InChI is InChI=1S/C80H113ClN18O13/c1-9-84-79(85-10-2)88-38-17-15-24-60(70(104)94-62(41-49(5)6)71(105)93-61(25-16-18-39-89-80(86-11-3)87-12-4)78(112)99-40-20-26-68(99)77(111)90-50(7)69(82)103)92-73(107)64(44-53-30-35-59(102)36-31-53)97-76(110)67(48-100)98-75(109)66(46-55-21-19-37-83-47-55)96-74(108)65(43-52-28-33-58(81)34-29-52)95-72(106)63(91-51(8)101)45-54-27-32-56-22-13-14-23-57(56)42-54/h13-14,19,21-23,27-37,42,47,49-50,60-68,100,102H,9-12,15-18,20,24-26,38-41,43-46,48H2,1-8H3,(H2,82,103)(H,90,111)(H,91,101)(H,92,107)(H,93,105)(H,94,104)(H,95,106)(H,96,108)(H,97,110)(H,98,109)(H2,84,85,88)(H2,86,87,89)/t50-,60+,61-,62-,63+,64-,65+,66+,67-,68-/m0/s1. The van der Waals surface area contributed by atoms with Crippen LogP contribution in [0.5, 0.6) is 5.75 Å². The van der Waals surface area contributed by atoms with Crippen LogP contribution in [0.4, 0.5) is 0 Å². The molecule has 31 nitrogen and oxygen atoms in total. The summed E-state index contributed by atoms with van der Waals surface area (Å²) in [6.07, 6.45) is 4.77. The van der Waals surface area contributed by atoms with E-state index >= 15 is 9.59 Å². The number of hydrogen-bond donors (Lipinski definition) is 16. The van der Waals surface area contributed by atoms with Crippen molar-refractivity contribution in [3.05, 3.63) is 143 Å². The molecule has 2 heterocycles. The number of amides is 11. The Hall–Kier alpha value is -10.9. The van der Waals surface area contributed by atoms with E-state index in [1.54, 1.807) is 36.4 Å². The number of pyridine rings is 1. The van der Waals surface area contributed by atoms with Crippen molar-refractivity contribution in [1.29, 1.82) is 0 Å². The number of aliphatic hydroxyl groups is 1. The van der Waals surface area contributed by atoms with Gasteiger partial charge in [-0.05, 0) is 162 Å². The Morgan fingerprint density at radius 2 is 0.964 bits per heavy atom. The van der Waals surface area contributed by atoms with Crippen molar-refractivity contribution in [2.45, 2.75) is 199 Å². The molecule has 608 valence electrons. The lowest BCUT2D eigenvalue weighted by atomic mass is 9.99. The fourth-order valence-electron chi connectivity index (χ4n) is 12.7. The van der Waals surface area contributed by atoms with Crippen LogP contribution < -0.4 is 74.9 Å². The summed E-state index contributed by atoms with van der Waals surface area (Å²) in [4.78, 5) is 172. The zero-order valence-corrected chi connectivity index (χ0v) is 66.1. The van der Waals surface area contributed by atoms with Crippen LogP contribution in [0.2, 0.25) is 5.02 Å². The number of phenolic OH excluding ortho intramolecular Hbond substituents is 1. The maximum Gasteiger partial charge on any atom is 0.245 e. The number of fused-ring (bicyclic) bond motifs is 1. The second-order valence-corrected chi connectivity index (χ2v) is 28.5. The molecule has 0 unspecified atom stereocenters. The molecule has 1 fully saturated rings. The van der Waals surface area contributed by atoms with Crippen molar-refractivity contribution in [2.24, 2.45) is 21.6 Å². The van der Waals surface area contributed by atoms with Crippen molar-refractivity contribution in [2.75, 3.05) is 52.4 Å². The molecule has 10 atom stereocenters. The lowest BCUT2D eigenvalue weighted by molar-refractivity contribution is -0.142. The summed E-state index contributed by atoms with van der Waals surface area (Å²) in [6, 6.07) is 15.3. The molecule has 1 aliphatic heterocycles. The van der Waals surface area contributed by atoms with Crippen LogP contribution in [0.25, 0.3) is 10.8 Å². The van der Waals surface area contributed by atoms with Crippen molar-refractivity contribution in [3.63, 3.8) is 0 Å². The Labute approximate surface area is 660 Å². The molecule has 0 bridgehead atoms. The Morgan fingerprint density at radius 1 is 0.518 bits per heavy atom. The number of aliphatic imine (C=N–C) groups is 2. The average Bonchev–Trinajstić information content (AvgIpc) is 1.06. The second kappa shape index (κ2) is 47.3. The number of nitrogens with one attached hydrogen (secondary N) is 13. The van der Waals surface area contributed by atoms with Gasteiger partial charge in [-0.3, -0.25) is 67.7 Å². The highest BCUT2D eigenvalue weighted by Crippen LogP contribution is 2.23. The number of rotatable bonds is 44. The van der Waals surface area contributed by atoms with Gasteiger partial charge in [0, 0.05) is 95.8 Å². The van der Waals surface area contributed by atoms with Gasteiger partial charge in [0.2, 0.25) is 65.0 Å². The molecule has 6 rings (SSSR count). The van der Waals surface area contributed by atoms with Crippen LogP contribution in [-0.2, 0) is 78.4 Å². The van der Waals surface area contributed by atoms with Gasteiger partial charge in [0.25, 0.3) is 0 Å². The smallest absolute Gasteiger partial charge is 0.245 e. The minimum absolute atomic E-state index is 0.0365. The van der Waals surface area contributed by atoms with Crippen LogP contribution >= 0.6 is 11.6 Å². The summed E-state index contributed by atoms with van der Waals surface area (Å²) >= 11 is 6.26. The Bertz CT molecular complexity index is 3970. The SMILES string of the molecule is CCNC(=NCCCC[C@H](NC(=O)[C@H](CC(C)C)NC(=O)[C@@H](CCCCN=C(NCC)NCC)NC(=O)[C@H](Cc1ccc(O)cc1)NC(=O)[C@H](CO)NC(=O)[C@@H](Cc1cccnc1)NC(=O)[C@@H](Cc1ccc(Cl)cc1)NC(=O)[C@@H](Cc1ccc2ccccc2c1)NC(C)=O)C(=O)N1CCC[C@H]1C(=O)N[C@@H](C)C(N)=O)NCC. The predicted molar refractivity (Wildman–Crippen MR) is 429 cm³/mol. The number of halogens is 1. The molecule has 0 spiro atoms. The highest BCUT2D eigenvalue weighted by molar-refractivity contribution is 6.30.